The van der Waals surface area contributed by atoms with Crippen LogP contribution in [0.4, 0.5) is 4.79 Å². The molecule has 0 bridgehead atoms. The Hall–Kier alpha value is -1.06. The van der Waals surface area contributed by atoms with Crippen molar-refractivity contribution < 1.29 is 14.3 Å². The third kappa shape index (κ3) is 1.50. The van der Waals surface area contributed by atoms with Crippen LogP contribution in [-0.4, -0.2) is 37.0 Å². The number of hydrogen-bond acceptors (Lipinski definition) is 3. The lowest BCUT2D eigenvalue weighted by Crippen LogP contribution is -2.36. The van der Waals surface area contributed by atoms with Crippen LogP contribution in [0.2, 0.25) is 0 Å². The summed E-state index contributed by atoms with van der Waals surface area (Å²) in [4.78, 5) is 22.6. The summed E-state index contributed by atoms with van der Waals surface area (Å²) in [7, 11) is 1.31. The molecule has 1 heterocycles. The van der Waals surface area contributed by atoms with Crippen LogP contribution in [0.25, 0.3) is 0 Å². The van der Waals surface area contributed by atoms with E-state index in [0.29, 0.717) is 13.0 Å². The molecule has 0 aromatic carbocycles. The van der Waals surface area contributed by atoms with E-state index < -0.39 is 6.09 Å². The molecule has 1 rings (SSSR count). The lowest BCUT2D eigenvalue weighted by molar-refractivity contribution is 0.127. The molecule has 0 aliphatic carbocycles. The second-order valence-corrected chi connectivity index (χ2v) is 2.44. The average Bonchev–Trinajstić information content (AvgIpc) is 2.50. The number of amides is 1. The zero-order valence-corrected chi connectivity index (χ0v) is 6.37. The molecule has 0 aromatic rings. The molecule has 4 nitrogen and oxygen atoms in total. The Labute approximate surface area is 65.1 Å². The van der Waals surface area contributed by atoms with Crippen molar-refractivity contribution in [1.29, 1.82) is 0 Å². The van der Waals surface area contributed by atoms with Crippen LogP contribution in [0.3, 0.4) is 0 Å². The molecule has 1 aliphatic heterocycles. The predicted molar refractivity (Wildman–Crippen MR) is 37.8 cm³/mol. The number of hydrogen-bond donors (Lipinski definition) is 0. The van der Waals surface area contributed by atoms with E-state index >= 15 is 0 Å². The van der Waals surface area contributed by atoms with Gasteiger partial charge in [-0.2, -0.15) is 0 Å². The van der Waals surface area contributed by atoms with Crippen molar-refractivity contribution >= 4 is 12.4 Å². The van der Waals surface area contributed by atoms with Gasteiger partial charge in [-0.15, -0.1) is 0 Å². The van der Waals surface area contributed by atoms with Crippen molar-refractivity contribution in [3.05, 3.63) is 0 Å². The van der Waals surface area contributed by atoms with Crippen LogP contribution < -0.4 is 0 Å². The molecule has 1 unspecified atom stereocenters. The fourth-order valence-electron chi connectivity index (χ4n) is 1.22. The molecular weight excluding hydrogens is 146 g/mol. The molecule has 11 heavy (non-hydrogen) atoms. The lowest BCUT2D eigenvalue weighted by atomic mass is 10.2. The van der Waals surface area contributed by atoms with Crippen molar-refractivity contribution in [3.8, 4) is 0 Å². The molecule has 1 saturated heterocycles. The van der Waals surface area contributed by atoms with Gasteiger partial charge in [0, 0.05) is 6.54 Å². The van der Waals surface area contributed by atoms with Gasteiger partial charge in [-0.1, -0.05) is 0 Å². The fourth-order valence-corrected chi connectivity index (χ4v) is 1.22. The van der Waals surface area contributed by atoms with Crippen LogP contribution in [0, 0.1) is 0 Å². The lowest BCUT2D eigenvalue weighted by Gasteiger charge is -2.17. The van der Waals surface area contributed by atoms with E-state index in [1.165, 1.54) is 12.0 Å². The minimum Gasteiger partial charge on any atom is -0.453 e. The van der Waals surface area contributed by atoms with E-state index in [1.54, 1.807) is 6.29 Å². The third-order valence-electron chi connectivity index (χ3n) is 1.80. The Morgan fingerprint density at radius 2 is 2.45 bits per heavy atom. The Kier molecular flexibility index (Phi) is 2.46. The largest absolute Gasteiger partial charge is 0.453 e. The number of likely N-dealkylation sites (tertiary alicyclic amines) is 1. The summed E-state index contributed by atoms with van der Waals surface area (Å²) < 4.78 is 4.47. The molecule has 1 fully saturated rings. The van der Waals surface area contributed by atoms with Crippen molar-refractivity contribution in [3.63, 3.8) is 0 Å². The Morgan fingerprint density at radius 1 is 1.73 bits per heavy atom. The van der Waals surface area contributed by atoms with Gasteiger partial charge in [-0.3, -0.25) is 9.69 Å². The summed E-state index contributed by atoms with van der Waals surface area (Å²) in [5.41, 5.74) is 0. The zero-order valence-electron chi connectivity index (χ0n) is 6.37. The van der Waals surface area contributed by atoms with Gasteiger partial charge in [-0.25, -0.2) is 4.79 Å². The molecular formula is C7H10NO3. The highest BCUT2D eigenvalue weighted by Gasteiger charge is 2.29. The first-order chi connectivity index (χ1) is 5.29. The van der Waals surface area contributed by atoms with Gasteiger partial charge in [0.2, 0.25) is 6.29 Å². The maximum Gasteiger partial charge on any atom is 0.410 e. The highest BCUT2D eigenvalue weighted by molar-refractivity contribution is 5.74. The topological polar surface area (TPSA) is 46.6 Å². The second kappa shape index (κ2) is 3.37. The third-order valence-corrected chi connectivity index (χ3v) is 1.80. The number of nitrogens with zero attached hydrogens (tertiary/aromatic N) is 1. The molecule has 0 N–H and O–H groups in total. The van der Waals surface area contributed by atoms with Crippen molar-refractivity contribution in [2.45, 2.75) is 18.9 Å². The summed E-state index contributed by atoms with van der Waals surface area (Å²) in [5.74, 6) is 0. The normalized spacial score (nSPS) is 23.4. The quantitative estimate of drug-likeness (QED) is 0.549. The molecule has 0 saturated carbocycles. The minimum absolute atomic E-state index is 0.387. The van der Waals surface area contributed by atoms with Gasteiger partial charge in [0.25, 0.3) is 0 Å². The predicted octanol–water partition coefficient (Wildman–Crippen LogP) is 0.327. The van der Waals surface area contributed by atoms with Crippen LogP contribution in [-0.2, 0) is 9.53 Å². The van der Waals surface area contributed by atoms with Gasteiger partial charge >= 0.3 is 6.09 Å². The summed E-state index contributed by atoms with van der Waals surface area (Å²) >= 11 is 0. The van der Waals surface area contributed by atoms with E-state index in [1.807, 2.05) is 0 Å². The van der Waals surface area contributed by atoms with Crippen molar-refractivity contribution in [1.82, 2.24) is 4.90 Å². The average molecular weight is 156 g/mol. The summed E-state index contributed by atoms with van der Waals surface area (Å²) in [6.45, 7) is 0.604. The maximum absolute atomic E-state index is 10.9. The highest BCUT2D eigenvalue weighted by atomic mass is 16.5. The number of rotatable bonds is 1. The molecule has 0 aromatic heterocycles. The Balaban J connectivity index is 2.56. The van der Waals surface area contributed by atoms with Crippen LogP contribution >= 0.6 is 0 Å². The van der Waals surface area contributed by atoms with Gasteiger partial charge in [0.1, 0.15) is 6.04 Å². The van der Waals surface area contributed by atoms with E-state index in [2.05, 4.69) is 4.74 Å². The van der Waals surface area contributed by atoms with E-state index in [9.17, 15) is 9.59 Å². The molecule has 61 valence electrons. The number of carbonyl (C=O) groups is 1. The van der Waals surface area contributed by atoms with Crippen molar-refractivity contribution in [2.24, 2.45) is 0 Å². The van der Waals surface area contributed by atoms with Crippen LogP contribution in [0.1, 0.15) is 12.8 Å². The zero-order chi connectivity index (χ0) is 8.27. The summed E-state index contributed by atoms with van der Waals surface area (Å²) in [6.07, 6.45) is 2.93. The molecule has 1 radical (unpaired) electrons. The Bertz CT molecular complexity index is 169. The summed E-state index contributed by atoms with van der Waals surface area (Å²) in [5, 5.41) is 0. The second-order valence-electron chi connectivity index (χ2n) is 2.44. The SMILES string of the molecule is COC(=O)N1CCCC1[C]=O. The first kappa shape index (κ1) is 8.04. The molecule has 1 atom stereocenters. The molecule has 1 aliphatic rings. The van der Waals surface area contributed by atoms with E-state index in [-0.39, 0.29) is 6.04 Å². The van der Waals surface area contributed by atoms with Crippen molar-refractivity contribution in [2.75, 3.05) is 13.7 Å². The smallest absolute Gasteiger partial charge is 0.410 e. The van der Waals surface area contributed by atoms with Gasteiger partial charge in [-0.05, 0) is 12.8 Å². The maximum atomic E-state index is 10.9. The van der Waals surface area contributed by atoms with E-state index in [0.717, 1.165) is 6.42 Å². The molecule has 0 spiro atoms. The van der Waals surface area contributed by atoms with Crippen LogP contribution in [0.15, 0.2) is 0 Å². The summed E-state index contributed by atoms with van der Waals surface area (Å²) in [6, 6.07) is -0.387. The standard InChI is InChI=1S/C7H10NO3/c1-11-7(10)8-4-2-3-6(8)5-9/h6H,2-4H2,1H3. The van der Waals surface area contributed by atoms with Gasteiger partial charge in [0.05, 0.1) is 7.11 Å². The number of ether oxygens (including phenoxy) is 1. The van der Waals surface area contributed by atoms with Crippen LogP contribution in [0.5, 0.6) is 0 Å². The Morgan fingerprint density at radius 3 is 3.00 bits per heavy atom. The monoisotopic (exact) mass is 156 g/mol. The van der Waals surface area contributed by atoms with E-state index in [4.69, 9.17) is 0 Å². The fraction of sp³-hybridized carbons (Fsp3) is 0.714. The van der Waals surface area contributed by atoms with Gasteiger partial charge < -0.3 is 4.74 Å². The minimum atomic E-state index is -0.434. The highest BCUT2D eigenvalue weighted by Crippen LogP contribution is 2.15. The number of carbonyl (C=O) groups excluding carboxylic acids is 2. The first-order valence-corrected chi connectivity index (χ1v) is 3.52. The van der Waals surface area contributed by atoms with Gasteiger partial charge in [0.15, 0.2) is 0 Å². The number of methoxy groups -OCH3 is 1. The molecule has 4 heteroatoms. The molecule has 1 amide bonds. The first-order valence-electron chi connectivity index (χ1n) is 3.52.